The zero-order valence-corrected chi connectivity index (χ0v) is 12.5. The lowest BCUT2D eigenvalue weighted by molar-refractivity contribution is 0.0819. The number of fused-ring (bicyclic) bond motifs is 1. The van der Waals surface area contributed by atoms with Crippen LogP contribution in [0.3, 0.4) is 0 Å². The molecule has 2 aromatic heterocycles. The van der Waals surface area contributed by atoms with Crippen molar-refractivity contribution in [2.45, 2.75) is 25.4 Å². The average molecular weight is 295 g/mol. The van der Waals surface area contributed by atoms with Crippen LogP contribution < -0.4 is 5.32 Å². The summed E-state index contributed by atoms with van der Waals surface area (Å²) in [6.45, 7) is 2.62. The van der Waals surface area contributed by atoms with Gasteiger partial charge >= 0.3 is 0 Å². The highest BCUT2D eigenvalue weighted by Crippen LogP contribution is 2.30. The van der Waals surface area contributed by atoms with E-state index in [0.717, 1.165) is 46.2 Å². The molecule has 1 unspecified atom stereocenters. The first-order valence-corrected chi connectivity index (χ1v) is 8.52. The second kappa shape index (κ2) is 5.26. The number of thiophene rings is 1. The molecule has 2 N–H and O–H groups in total. The first-order chi connectivity index (χ1) is 9.20. The number of aromatic nitrogens is 2. The van der Waals surface area contributed by atoms with E-state index in [0.29, 0.717) is 6.54 Å². The molecule has 0 aliphatic carbocycles. The highest BCUT2D eigenvalue weighted by Gasteiger charge is 2.31. The Kier molecular flexibility index (Phi) is 3.64. The number of nitrogens with zero attached hydrogens (tertiary/aromatic N) is 2. The zero-order valence-electron chi connectivity index (χ0n) is 10.8. The van der Waals surface area contributed by atoms with Gasteiger partial charge in [-0.1, -0.05) is 6.92 Å². The number of aryl methyl sites for hydroxylation is 1. The fraction of sp³-hybridized carbons (Fsp3) is 0.538. The number of aliphatic hydroxyl groups is 1. The summed E-state index contributed by atoms with van der Waals surface area (Å²) >= 11 is 3.44. The number of nitrogens with one attached hydrogen (secondary N) is 1. The summed E-state index contributed by atoms with van der Waals surface area (Å²) < 4.78 is 0. The summed E-state index contributed by atoms with van der Waals surface area (Å²) in [7, 11) is 0. The third kappa shape index (κ3) is 2.70. The summed E-state index contributed by atoms with van der Waals surface area (Å²) in [6, 6.07) is 2.04. The lowest BCUT2D eigenvalue weighted by Crippen LogP contribution is -2.36. The summed E-state index contributed by atoms with van der Waals surface area (Å²) in [6.07, 6.45) is 1.67. The molecule has 2 aromatic rings. The van der Waals surface area contributed by atoms with Crippen molar-refractivity contribution in [1.29, 1.82) is 0 Å². The molecule has 1 aliphatic heterocycles. The predicted molar refractivity (Wildman–Crippen MR) is 82.2 cm³/mol. The van der Waals surface area contributed by atoms with E-state index in [1.54, 1.807) is 11.3 Å². The molecule has 0 amide bonds. The van der Waals surface area contributed by atoms with Crippen molar-refractivity contribution in [3.63, 3.8) is 0 Å². The van der Waals surface area contributed by atoms with Gasteiger partial charge in [-0.2, -0.15) is 11.8 Å². The molecule has 1 saturated heterocycles. The van der Waals surface area contributed by atoms with Gasteiger partial charge in [-0.25, -0.2) is 9.97 Å². The fourth-order valence-corrected chi connectivity index (χ4v) is 4.25. The Balaban J connectivity index is 1.85. The molecule has 0 radical (unpaired) electrons. The van der Waals surface area contributed by atoms with Crippen LogP contribution in [0.15, 0.2) is 11.4 Å². The van der Waals surface area contributed by atoms with Crippen LogP contribution in [-0.2, 0) is 6.42 Å². The Morgan fingerprint density at radius 1 is 1.47 bits per heavy atom. The van der Waals surface area contributed by atoms with E-state index in [2.05, 4.69) is 22.2 Å². The number of anilines is 1. The van der Waals surface area contributed by atoms with Crippen LogP contribution in [0.4, 0.5) is 5.82 Å². The van der Waals surface area contributed by atoms with Gasteiger partial charge in [0.25, 0.3) is 0 Å². The van der Waals surface area contributed by atoms with Gasteiger partial charge in [-0.05, 0) is 23.6 Å². The van der Waals surface area contributed by atoms with Crippen LogP contribution in [0, 0.1) is 0 Å². The van der Waals surface area contributed by atoms with Crippen molar-refractivity contribution in [3.05, 3.63) is 17.3 Å². The number of hydrogen-bond acceptors (Lipinski definition) is 6. The standard InChI is InChI=1S/C13H17N3OS2/c1-2-10-15-11(9-3-5-19-12(9)16-10)14-7-13(17)4-6-18-8-13/h3,5,17H,2,4,6-8H2,1H3,(H,14,15,16). The van der Waals surface area contributed by atoms with Crippen molar-refractivity contribution in [1.82, 2.24) is 9.97 Å². The van der Waals surface area contributed by atoms with E-state index in [-0.39, 0.29) is 0 Å². The predicted octanol–water partition coefficient (Wildman–Crippen LogP) is 2.53. The normalized spacial score (nSPS) is 23.1. The van der Waals surface area contributed by atoms with Gasteiger partial charge in [0.15, 0.2) is 0 Å². The summed E-state index contributed by atoms with van der Waals surface area (Å²) in [5.74, 6) is 3.55. The molecular formula is C13H17N3OS2. The van der Waals surface area contributed by atoms with E-state index in [1.807, 2.05) is 23.2 Å². The van der Waals surface area contributed by atoms with E-state index in [4.69, 9.17) is 0 Å². The quantitative estimate of drug-likeness (QED) is 0.908. The van der Waals surface area contributed by atoms with E-state index in [1.165, 1.54) is 0 Å². The van der Waals surface area contributed by atoms with Gasteiger partial charge in [0, 0.05) is 18.7 Å². The summed E-state index contributed by atoms with van der Waals surface area (Å²) in [4.78, 5) is 10.1. The lowest BCUT2D eigenvalue weighted by atomic mass is 10.0. The molecular weight excluding hydrogens is 278 g/mol. The van der Waals surface area contributed by atoms with Gasteiger partial charge in [-0.15, -0.1) is 11.3 Å². The van der Waals surface area contributed by atoms with E-state index in [9.17, 15) is 5.11 Å². The first-order valence-electron chi connectivity index (χ1n) is 6.48. The third-order valence-corrected chi connectivity index (χ3v) is 5.40. The topological polar surface area (TPSA) is 58.0 Å². The fourth-order valence-electron chi connectivity index (χ4n) is 2.18. The second-order valence-corrected chi connectivity index (χ2v) is 6.86. The first kappa shape index (κ1) is 13.1. The molecule has 3 heterocycles. The average Bonchev–Trinajstić information content (AvgIpc) is 3.04. The SMILES string of the molecule is CCc1nc(NCC2(O)CCSC2)c2ccsc2n1. The maximum Gasteiger partial charge on any atom is 0.138 e. The molecule has 1 fully saturated rings. The van der Waals surface area contributed by atoms with Crippen molar-refractivity contribution in [2.24, 2.45) is 0 Å². The van der Waals surface area contributed by atoms with Crippen LogP contribution in [0.2, 0.25) is 0 Å². The molecule has 0 spiro atoms. The van der Waals surface area contributed by atoms with Crippen molar-refractivity contribution >= 4 is 39.1 Å². The van der Waals surface area contributed by atoms with Gasteiger partial charge in [0.1, 0.15) is 16.5 Å². The minimum atomic E-state index is -0.593. The molecule has 6 heteroatoms. The molecule has 0 saturated carbocycles. The third-order valence-electron chi connectivity index (χ3n) is 3.35. The molecule has 1 atom stereocenters. The number of rotatable bonds is 4. The van der Waals surface area contributed by atoms with Gasteiger partial charge in [0.2, 0.25) is 0 Å². The molecule has 4 nitrogen and oxygen atoms in total. The van der Waals surface area contributed by atoms with Crippen LogP contribution in [-0.4, -0.2) is 38.7 Å². The monoisotopic (exact) mass is 295 g/mol. The van der Waals surface area contributed by atoms with Gasteiger partial charge in [0.05, 0.1) is 11.0 Å². The Hall–Kier alpha value is -0.850. The van der Waals surface area contributed by atoms with Crippen LogP contribution in [0.5, 0.6) is 0 Å². The Bertz CT molecular complexity index is 578. The van der Waals surface area contributed by atoms with Gasteiger partial charge in [-0.3, -0.25) is 0 Å². The van der Waals surface area contributed by atoms with Crippen molar-refractivity contribution in [3.8, 4) is 0 Å². The number of hydrogen-bond donors (Lipinski definition) is 2. The maximum absolute atomic E-state index is 10.4. The molecule has 102 valence electrons. The van der Waals surface area contributed by atoms with Crippen LogP contribution >= 0.6 is 23.1 Å². The zero-order chi connectivity index (χ0) is 13.3. The minimum Gasteiger partial charge on any atom is -0.387 e. The molecule has 0 bridgehead atoms. The van der Waals surface area contributed by atoms with Crippen LogP contribution in [0.1, 0.15) is 19.2 Å². The van der Waals surface area contributed by atoms with Crippen LogP contribution in [0.25, 0.3) is 10.2 Å². The minimum absolute atomic E-state index is 0.561. The lowest BCUT2D eigenvalue weighted by Gasteiger charge is -2.22. The Morgan fingerprint density at radius 2 is 2.37 bits per heavy atom. The smallest absolute Gasteiger partial charge is 0.138 e. The Labute approximate surface area is 120 Å². The van der Waals surface area contributed by atoms with E-state index < -0.39 is 5.60 Å². The molecule has 0 aromatic carbocycles. The molecule has 1 aliphatic rings. The number of thioether (sulfide) groups is 1. The van der Waals surface area contributed by atoms with Gasteiger partial charge < -0.3 is 10.4 Å². The van der Waals surface area contributed by atoms with Crippen molar-refractivity contribution < 1.29 is 5.11 Å². The van der Waals surface area contributed by atoms with E-state index >= 15 is 0 Å². The second-order valence-electron chi connectivity index (χ2n) is 4.86. The highest BCUT2D eigenvalue weighted by atomic mass is 32.2. The van der Waals surface area contributed by atoms with Crippen molar-refractivity contribution in [2.75, 3.05) is 23.4 Å². The largest absolute Gasteiger partial charge is 0.387 e. The maximum atomic E-state index is 10.4. The molecule has 19 heavy (non-hydrogen) atoms. The molecule has 3 rings (SSSR count). The highest BCUT2D eigenvalue weighted by molar-refractivity contribution is 7.99. The summed E-state index contributed by atoms with van der Waals surface area (Å²) in [5, 5.41) is 16.8. The Morgan fingerprint density at radius 3 is 3.11 bits per heavy atom. The summed E-state index contributed by atoms with van der Waals surface area (Å²) in [5.41, 5.74) is -0.593.